The number of hydrogen-bond donors (Lipinski definition) is 3. The van der Waals surface area contributed by atoms with Gasteiger partial charge in [-0.05, 0) is 32.5 Å². The van der Waals surface area contributed by atoms with Crippen LogP contribution in [-0.4, -0.2) is 30.6 Å². The van der Waals surface area contributed by atoms with Crippen molar-refractivity contribution in [2.45, 2.75) is 25.4 Å². The summed E-state index contributed by atoms with van der Waals surface area (Å²) >= 11 is 0. The normalized spacial score (nSPS) is 11.6. The summed E-state index contributed by atoms with van der Waals surface area (Å²) in [6.45, 7) is 4.12. The molecule has 0 saturated heterocycles. The van der Waals surface area contributed by atoms with Gasteiger partial charge in [0, 0.05) is 12.7 Å². The zero-order chi connectivity index (χ0) is 14.8. The monoisotopic (exact) mass is 295 g/mol. The van der Waals surface area contributed by atoms with Crippen molar-refractivity contribution >= 4 is 15.7 Å². The van der Waals surface area contributed by atoms with Crippen LogP contribution in [0.1, 0.15) is 17.0 Å². The summed E-state index contributed by atoms with van der Waals surface area (Å²) in [5.74, 6) is 0. The first-order chi connectivity index (χ1) is 9.44. The van der Waals surface area contributed by atoms with Gasteiger partial charge in [0.2, 0.25) is 0 Å². The Hall–Kier alpha value is -1.93. The molecule has 2 heterocycles. The van der Waals surface area contributed by atoms with Gasteiger partial charge in [-0.3, -0.25) is 9.82 Å². The van der Waals surface area contributed by atoms with E-state index in [1.54, 1.807) is 26.1 Å². The molecular weight excluding hydrogens is 278 g/mol. The molecule has 0 saturated carbocycles. The van der Waals surface area contributed by atoms with Crippen molar-refractivity contribution in [3.8, 4) is 0 Å². The summed E-state index contributed by atoms with van der Waals surface area (Å²) < 4.78 is 27.0. The van der Waals surface area contributed by atoms with Crippen LogP contribution in [0.4, 0.5) is 5.69 Å². The quantitative estimate of drug-likeness (QED) is 0.762. The standard InChI is InChI=1S/C12H17N5O2S/c1-8-12(9(2)16-15-8)17-20(18,19)11-5-4-10(6-13-3)7-14-11/h4-5,7,13,17H,6H2,1-3H3,(H,15,16). The highest BCUT2D eigenvalue weighted by Crippen LogP contribution is 2.20. The van der Waals surface area contributed by atoms with Gasteiger partial charge >= 0.3 is 0 Å². The van der Waals surface area contributed by atoms with E-state index in [1.807, 2.05) is 7.05 Å². The van der Waals surface area contributed by atoms with Crippen molar-refractivity contribution in [2.24, 2.45) is 0 Å². The predicted octanol–water partition coefficient (Wildman–Crippen LogP) is 0.942. The van der Waals surface area contributed by atoms with Crippen LogP contribution in [-0.2, 0) is 16.6 Å². The van der Waals surface area contributed by atoms with E-state index in [4.69, 9.17) is 0 Å². The number of aromatic nitrogens is 3. The summed E-state index contributed by atoms with van der Waals surface area (Å²) in [7, 11) is -1.89. The van der Waals surface area contributed by atoms with Crippen LogP contribution in [0.15, 0.2) is 23.4 Å². The van der Waals surface area contributed by atoms with Gasteiger partial charge in [0.05, 0.1) is 17.1 Å². The fourth-order valence-electron chi connectivity index (χ4n) is 1.77. The second kappa shape index (κ2) is 5.59. The van der Waals surface area contributed by atoms with E-state index in [0.29, 0.717) is 23.6 Å². The molecule has 0 radical (unpaired) electrons. The van der Waals surface area contributed by atoms with Crippen molar-refractivity contribution in [3.63, 3.8) is 0 Å². The number of nitrogens with zero attached hydrogens (tertiary/aromatic N) is 2. The largest absolute Gasteiger partial charge is 0.316 e. The maximum atomic E-state index is 12.2. The molecule has 0 atom stereocenters. The third-order valence-corrected chi connectivity index (χ3v) is 4.08. The van der Waals surface area contributed by atoms with Gasteiger partial charge in [-0.1, -0.05) is 6.07 Å². The zero-order valence-electron chi connectivity index (χ0n) is 11.6. The second-order valence-electron chi connectivity index (χ2n) is 4.45. The summed E-state index contributed by atoms with van der Waals surface area (Å²) in [6.07, 6.45) is 1.54. The molecule has 3 N–H and O–H groups in total. The van der Waals surface area contributed by atoms with Crippen LogP contribution in [0.3, 0.4) is 0 Å². The minimum absolute atomic E-state index is 0.0163. The Morgan fingerprint density at radius 2 is 2.05 bits per heavy atom. The molecule has 2 rings (SSSR count). The van der Waals surface area contributed by atoms with E-state index < -0.39 is 10.0 Å². The van der Waals surface area contributed by atoms with Gasteiger partial charge in [0.1, 0.15) is 0 Å². The van der Waals surface area contributed by atoms with E-state index in [-0.39, 0.29) is 5.03 Å². The molecule has 0 amide bonds. The first-order valence-corrected chi connectivity index (χ1v) is 7.56. The molecule has 108 valence electrons. The smallest absolute Gasteiger partial charge is 0.279 e. The number of aromatic amines is 1. The number of H-pyrrole nitrogens is 1. The Morgan fingerprint density at radius 1 is 1.30 bits per heavy atom. The predicted molar refractivity (Wildman–Crippen MR) is 75.9 cm³/mol. The maximum Gasteiger partial charge on any atom is 0.279 e. The lowest BCUT2D eigenvalue weighted by Gasteiger charge is -2.08. The Labute approximate surface area is 117 Å². The first-order valence-electron chi connectivity index (χ1n) is 6.08. The molecule has 20 heavy (non-hydrogen) atoms. The minimum atomic E-state index is -3.70. The average molecular weight is 295 g/mol. The molecule has 0 aliphatic carbocycles. The average Bonchev–Trinajstić information content (AvgIpc) is 2.71. The Bertz CT molecular complexity index is 672. The van der Waals surface area contributed by atoms with Crippen molar-refractivity contribution < 1.29 is 8.42 Å². The summed E-state index contributed by atoms with van der Waals surface area (Å²) in [4.78, 5) is 3.99. The molecule has 2 aromatic heterocycles. The number of sulfonamides is 1. The lowest BCUT2D eigenvalue weighted by Crippen LogP contribution is -2.16. The zero-order valence-corrected chi connectivity index (χ0v) is 12.4. The summed E-state index contributed by atoms with van der Waals surface area (Å²) in [6, 6.07) is 3.22. The second-order valence-corrected chi connectivity index (χ2v) is 6.08. The number of hydrogen-bond acceptors (Lipinski definition) is 5. The van der Waals surface area contributed by atoms with E-state index >= 15 is 0 Å². The highest BCUT2D eigenvalue weighted by molar-refractivity contribution is 7.92. The SMILES string of the molecule is CNCc1ccc(S(=O)(=O)Nc2c(C)n[nH]c2C)nc1. The number of pyridine rings is 1. The number of nitrogens with one attached hydrogen (secondary N) is 3. The molecule has 0 aliphatic heterocycles. The number of anilines is 1. The fraction of sp³-hybridized carbons (Fsp3) is 0.333. The van der Waals surface area contributed by atoms with E-state index in [9.17, 15) is 8.42 Å². The molecule has 0 aromatic carbocycles. The van der Waals surface area contributed by atoms with Gasteiger partial charge in [-0.15, -0.1) is 0 Å². The molecule has 0 aliphatic rings. The van der Waals surface area contributed by atoms with Gasteiger partial charge in [0.15, 0.2) is 5.03 Å². The third kappa shape index (κ3) is 2.97. The van der Waals surface area contributed by atoms with Gasteiger partial charge in [-0.25, -0.2) is 4.98 Å². The number of aryl methyl sites for hydroxylation is 2. The van der Waals surface area contributed by atoms with Crippen LogP contribution in [0.2, 0.25) is 0 Å². The first kappa shape index (κ1) is 14.5. The molecule has 2 aromatic rings. The molecule has 0 fully saturated rings. The van der Waals surface area contributed by atoms with Crippen molar-refractivity contribution in [1.29, 1.82) is 0 Å². The molecule has 0 unspecified atom stereocenters. The van der Waals surface area contributed by atoms with E-state index in [2.05, 4.69) is 25.2 Å². The fourth-order valence-corrected chi connectivity index (χ4v) is 2.88. The summed E-state index contributed by atoms with van der Waals surface area (Å²) in [5.41, 5.74) is 2.64. The van der Waals surface area contributed by atoms with Gasteiger partial charge in [-0.2, -0.15) is 13.5 Å². The van der Waals surface area contributed by atoms with Gasteiger partial charge < -0.3 is 5.32 Å². The number of rotatable bonds is 5. The molecular formula is C12H17N5O2S. The van der Waals surface area contributed by atoms with Crippen molar-refractivity contribution in [2.75, 3.05) is 11.8 Å². The minimum Gasteiger partial charge on any atom is -0.316 e. The highest BCUT2D eigenvalue weighted by atomic mass is 32.2. The van der Waals surface area contributed by atoms with Crippen LogP contribution >= 0.6 is 0 Å². The van der Waals surface area contributed by atoms with E-state index in [1.165, 1.54) is 6.07 Å². The molecule has 0 bridgehead atoms. The van der Waals surface area contributed by atoms with Crippen LogP contribution in [0.5, 0.6) is 0 Å². The van der Waals surface area contributed by atoms with Gasteiger partial charge in [0.25, 0.3) is 10.0 Å². The Kier molecular flexibility index (Phi) is 4.05. The Morgan fingerprint density at radius 3 is 2.55 bits per heavy atom. The molecule has 0 spiro atoms. The van der Waals surface area contributed by atoms with Crippen LogP contribution in [0.25, 0.3) is 0 Å². The van der Waals surface area contributed by atoms with E-state index in [0.717, 1.165) is 5.56 Å². The van der Waals surface area contributed by atoms with Crippen molar-refractivity contribution in [1.82, 2.24) is 20.5 Å². The molecule has 8 heteroatoms. The Balaban J connectivity index is 2.26. The lowest BCUT2D eigenvalue weighted by molar-refractivity contribution is 0.597. The maximum absolute atomic E-state index is 12.2. The highest BCUT2D eigenvalue weighted by Gasteiger charge is 2.19. The molecule has 7 nitrogen and oxygen atoms in total. The van der Waals surface area contributed by atoms with Crippen LogP contribution < -0.4 is 10.0 Å². The topological polar surface area (TPSA) is 99.8 Å². The summed E-state index contributed by atoms with van der Waals surface area (Å²) in [5, 5.41) is 9.64. The lowest BCUT2D eigenvalue weighted by atomic mass is 10.3. The van der Waals surface area contributed by atoms with Crippen molar-refractivity contribution in [3.05, 3.63) is 35.3 Å². The van der Waals surface area contributed by atoms with Crippen LogP contribution in [0, 0.1) is 13.8 Å². The third-order valence-electron chi connectivity index (χ3n) is 2.82.